The van der Waals surface area contributed by atoms with Crippen LogP contribution in [0.2, 0.25) is 15.1 Å². The Labute approximate surface area is 125 Å². The van der Waals surface area contributed by atoms with Gasteiger partial charge in [0.1, 0.15) is 0 Å². The lowest BCUT2D eigenvalue weighted by atomic mass is 10.1. The van der Waals surface area contributed by atoms with Gasteiger partial charge in [0.15, 0.2) is 0 Å². The summed E-state index contributed by atoms with van der Waals surface area (Å²) in [6.07, 6.45) is 1.54. The molecule has 0 aliphatic heterocycles. The number of methoxy groups -OCH3 is 1. The van der Waals surface area contributed by atoms with Crippen LogP contribution in [-0.4, -0.2) is 17.2 Å². The van der Waals surface area contributed by atoms with Gasteiger partial charge in [0, 0.05) is 11.8 Å². The Morgan fingerprint density at radius 2 is 1.79 bits per heavy atom. The highest BCUT2D eigenvalue weighted by Crippen LogP contribution is 2.37. The molecule has 0 saturated heterocycles. The second kappa shape index (κ2) is 5.97. The van der Waals surface area contributed by atoms with Gasteiger partial charge >= 0.3 is 0 Å². The summed E-state index contributed by atoms with van der Waals surface area (Å²) < 4.78 is 5.20. The third-order valence-electron chi connectivity index (χ3n) is 2.58. The Hall–Kier alpha value is -1.000. The molecule has 0 aliphatic carbocycles. The summed E-state index contributed by atoms with van der Waals surface area (Å²) in [7, 11) is 1.52. The van der Waals surface area contributed by atoms with E-state index in [4.69, 9.17) is 39.5 Å². The highest BCUT2D eigenvalue weighted by molar-refractivity contribution is 6.48. The van der Waals surface area contributed by atoms with E-state index >= 15 is 0 Å². The molecule has 0 amide bonds. The maximum Gasteiger partial charge on any atom is 0.221 e. The van der Waals surface area contributed by atoms with E-state index in [2.05, 4.69) is 4.98 Å². The molecule has 0 aliphatic rings. The normalized spacial score (nSPS) is 10.6. The van der Waals surface area contributed by atoms with Crippen molar-refractivity contribution in [3.63, 3.8) is 0 Å². The molecule has 19 heavy (non-hydrogen) atoms. The van der Waals surface area contributed by atoms with Crippen LogP contribution >= 0.6 is 34.8 Å². The maximum absolute atomic E-state index is 9.17. The Morgan fingerprint density at radius 3 is 2.32 bits per heavy atom. The number of pyridine rings is 1. The van der Waals surface area contributed by atoms with Crippen molar-refractivity contribution in [2.45, 2.75) is 6.61 Å². The number of hydrogen-bond donors (Lipinski definition) is 1. The number of halogens is 3. The molecule has 0 fully saturated rings. The van der Waals surface area contributed by atoms with Gasteiger partial charge in [-0.25, -0.2) is 4.98 Å². The van der Waals surface area contributed by atoms with E-state index < -0.39 is 0 Å². The minimum atomic E-state index is -0.112. The molecule has 1 N–H and O–H groups in total. The van der Waals surface area contributed by atoms with Crippen LogP contribution in [-0.2, 0) is 6.61 Å². The van der Waals surface area contributed by atoms with Crippen molar-refractivity contribution in [2.75, 3.05) is 7.11 Å². The average molecular weight is 319 g/mol. The van der Waals surface area contributed by atoms with E-state index in [-0.39, 0.29) is 6.61 Å². The predicted octanol–water partition coefficient (Wildman–Crippen LogP) is 4.21. The van der Waals surface area contributed by atoms with Gasteiger partial charge < -0.3 is 9.84 Å². The van der Waals surface area contributed by atoms with Gasteiger partial charge in [-0.1, -0.05) is 34.8 Å². The van der Waals surface area contributed by atoms with Gasteiger partial charge in [-0.05, 0) is 29.3 Å². The number of aliphatic hydroxyl groups excluding tert-OH is 1. The molecule has 2 aromatic rings. The maximum atomic E-state index is 9.17. The summed E-state index contributed by atoms with van der Waals surface area (Å²) >= 11 is 17.9. The second-order valence-electron chi connectivity index (χ2n) is 3.81. The van der Waals surface area contributed by atoms with Crippen LogP contribution in [0.1, 0.15) is 5.56 Å². The van der Waals surface area contributed by atoms with Crippen molar-refractivity contribution in [2.24, 2.45) is 0 Å². The molecular weight excluding hydrogens is 309 g/mol. The Balaban J connectivity index is 2.63. The minimum Gasteiger partial charge on any atom is -0.481 e. The molecule has 100 valence electrons. The van der Waals surface area contributed by atoms with Crippen LogP contribution in [0, 0.1) is 0 Å². The number of rotatable bonds is 3. The SMILES string of the molecule is COc1ncc(CO)cc1-c1cc(Cl)c(Cl)c(Cl)c1. The van der Waals surface area contributed by atoms with Gasteiger partial charge in [0.2, 0.25) is 5.88 Å². The Kier molecular flexibility index (Phi) is 4.53. The van der Waals surface area contributed by atoms with Crippen molar-refractivity contribution < 1.29 is 9.84 Å². The van der Waals surface area contributed by atoms with Crippen molar-refractivity contribution in [3.05, 3.63) is 45.0 Å². The molecule has 1 heterocycles. The van der Waals surface area contributed by atoms with Gasteiger partial charge in [0.25, 0.3) is 0 Å². The van der Waals surface area contributed by atoms with E-state index in [0.29, 0.717) is 32.1 Å². The molecule has 0 unspecified atom stereocenters. The van der Waals surface area contributed by atoms with E-state index in [0.717, 1.165) is 5.56 Å². The second-order valence-corrected chi connectivity index (χ2v) is 5.00. The third-order valence-corrected chi connectivity index (χ3v) is 3.78. The Morgan fingerprint density at radius 1 is 1.16 bits per heavy atom. The van der Waals surface area contributed by atoms with Crippen molar-refractivity contribution >= 4 is 34.8 Å². The summed E-state index contributed by atoms with van der Waals surface area (Å²) in [5.74, 6) is 0.423. The molecule has 2 rings (SSSR count). The van der Waals surface area contributed by atoms with Gasteiger partial charge in [-0.15, -0.1) is 0 Å². The number of benzene rings is 1. The molecule has 1 aromatic heterocycles. The standard InChI is InChI=1S/C13H10Cl3NO2/c1-19-13-9(2-7(6-18)5-17-13)8-3-10(14)12(16)11(15)4-8/h2-5,18H,6H2,1H3. The first-order chi connectivity index (χ1) is 9.06. The van der Waals surface area contributed by atoms with Crippen molar-refractivity contribution in [1.29, 1.82) is 0 Å². The zero-order chi connectivity index (χ0) is 14.0. The van der Waals surface area contributed by atoms with Gasteiger partial charge in [0.05, 0.1) is 28.8 Å². The molecule has 6 heteroatoms. The van der Waals surface area contributed by atoms with Crippen LogP contribution < -0.4 is 4.74 Å². The summed E-state index contributed by atoms with van der Waals surface area (Å²) in [5.41, 5.74) is 2.08. The molecule has 3 nitrogen and oxygen atoms in total. The molecule has 0 atom stereocenters. The summed E-state index contributed by atoms with van der Waals surface area (Å²) in [6, 6.07) is 5.12. The van der Waals surface area contributed by atoms with E-state index in [1.165, 1.54) is 7.11 Å². The first kappa shape index (κ1) is 14.4. The number of aliphatic hydroxyl groups is 1. The number of hydrogen-bond acceptors (Lipinski definition) is 3. The van der Waals surface area contributed by atoms with Crippen LogP contribution in [0.5, 0.6) is 5.88 Å². The van der Waals surface area contributed by atoms with Crippen LogP contribution in [0.3, 0.4) is 0 Å². The lowest BCUT2D eigenvalue weighted by molar-refractivity contribution is 0.281. The first-order valence-corrected chi connectivity index (χ1v) is 6.49. The number of nitrogens with zero attached hydrogens (tertiary/aromatic N) is 1. The molecular formula is C13H10Cl3NO2. The highest BCUT2D eigenvalue weighted by Gasteiger charge is 2.13. The fraction of sp³-hybridized carbons (Fsp3) is 0.154. The highest BCUT2D eigenvalue weighted by atomic mass is 35.5. The molecule has 0 spiro atoms. The zero-order valence-corrected chi connectivity index (χ0v) is 12.2. The van der Waals surface area contributed by atoms with Crippen LogP contribution in [0.4, 0.5) is 0 Å². The summed E-state index contributed by atoms with van der Waals surface area (Å²) in [6.45, 7) is -0.112. The molecule has 0 radical (unpaired) electrons. The fourth-order valence-electron chi connectivity index (χ4n) is 1.66. The topological polar surface area (TPSA) is 42.4 Å². The number of aromatic nitrogens is 1. The number of ether oxygens (including phenoxy) is 1. The lowest BCUT2D eigenvalue weighted by Crippen LogP contribution is -1.95. The van der Waals surface area contributed by atoms with Crippen molar-refractivity contribution in [1.82, 2.24) is 4.98 Å². The third kappa shape index (κ3) is 2.95. The fourth-order valence-corrected chi connectivity index (χ4v) is 2.26. The summed E-state index contributed by atoms with van der Waals surface area (Å²) in [5, 5.41) is 10.2. The van der Waals surface area contributed by atoms with E-state index in [9.17, 15) is 5.11 Å². The molecule has 1 aromatic carbocycles. The molecule has 0 saturated carbocycles. The average Bonchev–Trinajstić information content (AvgIpc) is 2.43. The van der Waals surface area contributed by atoms with Gasteiger partial charge in [-0.2, -0.15) is 0 Å². The largest absolute Gasteiger partial charge is 0.481 e. The Bertz CT molecular complexity index is 594. The van der Waals surface area contributed by atoms with Crippen LogP contribution in [0.15, 0.2) is 24.4 Å². The monoisotopic (exact) mass is 317 g/mol. The van der Waals surface area contributed by atoms with Crippen molar-refractivity contribution in [3.8, 4) is 17.0 Å². The summed E-state index contributed by atoms with van der Waals surface area (Å²) in [4.78, 5) is 4.12. The van der Waals surface area contributed by atoms with E-state index in [1.807, 2.05) is 0 Å². The zero-order valence-electron chi connectivity index (χ0n) is 9.95. The quantitative estimate of drug-likeness (QED) is 0.862. The first-order valence-electron chi connectivity index (χ1n) is 5.35. The van der Waals surface area contributed by atoms with Gasteiger partial charge in [-0.3, -0.25) is 0 Å². The lowest BCUT2D eigenvalue weighted by Gasteiger charge is -2.10. The van der Waals surface area contributed by atoms with Crippen LogP contribution in [0.25, 0.3) is 11.1 Å². The smallest absolute Gasteiger partial charge is 0.221 e. The van der Waals surface area contributed by atoms with E-state index in [1.54, 1.807) is 24.4 Å². The molecule has 0 bridgehead atoms. The minimum absolute atomic E-state index is 0.112. The predicted molar refractivity (Wildman–Crippen MR) is 77.2 cm³/mol.